The number of unbranched alkanes of at least 4 members (excludes halogenated alkanes) is 9. The zero-order valence-electron chi connectivity index (χ0n) is 14.2. The minimum Gasteiger partial charge on any atom is -0.493 e. The van der Waals surface area contributed by atoms with Gasteiger partial charge >= 0.3 is 5.97 Å². The molecule has 23 heavy (non-hydrogen) atoms. The molecule has 0 aliphatic heterocycles. The van der Waals surface area contributed by atoms with Gasteiger partial charge in [-0.25, -0.2) is 4.79 Å². The average molecular weight is 365 g/mol. The van der Waals surface area contributed by atoms with Gasteiger partial charge in [0, 0.05) is 16.5 Å². The van der Waals surface area contributed by atoms with Crippen LogP contribution in [0, 0.1) is 0 Å². The van der Waals surface area contributed by atoms with Crippen molar-refractivity contribution in [1.82, 2.24) is 0 Å². The van der Waals surface area contributed by atoms with Crippen LogP contribution in [0.2, 0.25) is 0 Å². The number of benzene rings is 1. The number of hydrogen-bond donors (Lipinski definition) is 1. The van der Waals surface area contributed by atoms with Gasteiger partial charge in [-0.3, -0.25) is 0 Å². The van der Waals surface area contributed by atoms with Crippen molar-refractivity contribution >= 4 is 5.97 Å². The molecule has 1 aromatic carbocycles. The van der Waals surface area contributed by atoms with Gasteiger partial charge in [-0.15, -0.1) is 0 Å². The zero-order chi connectivity index (χ0) is 16.0. The van der Waals surface area contributed by atoms with Crippen molar-refractivity contribution in [2.24, 2.45) is 0 Å². The molecule has 1 rings (SSSR count). The summed E-state index contributed by atoms with van der Waals surface area (Å²) in [5, 5.41) is 9.06. The standard InChI is InChI=1S/C19H30O3.Ni/c1-2-3-4-5-6-7-8-9-10-13-16-22-18-15-12-11-14-17(18)19(20)21;/h11-12,14-15H,2-10,13,16H2,1H3,(H,20,21);. The molecule has 0 saturated heterocycles. The molecule has 0 saturated carbocycles. The zero-order valence-corrected chi connectivity index (χ0v) is 15.2. The number of para-hydroxylation sites is 1. The van der Waals surface area contributed by atoms with Crippen LogP contribution in [0.3, 0.4) is 0 Å². The van der Waals surface area contributed by atoms with Gasteiger partial charge < -0.3 is 9.84 Å². The fourth-order valence-corrected chi connectivity index (χ4v) is 2.54. The van der Waals surface area contributed by atoms with E-state index < -0.39 is 5.97 Å². The van der Waals surface area contributed by atoms with Crippen molar-refractivity contribution in [2.75, 3.05) is 6.61 Å². The van der Waals surface area contributed by atoms with Gasteiger partial charge in [-0.1, -0.05) is 76.8 Å². The van der Waals surface area contributed by atoms with Crippen molar-refractivity contribution in [1.29, 1.82) is 0 Å². The molecule has 134 valence electrons. The van der Waals surface area contributed by atoms with Gasteiger partial charge in [0.2, 0.25) is 0 Å². The Bertz CT molecular complexity index is 421. The summed E-state index contributed by atoms with van der Waals surface area (Å²) in [6.45, 7) is 2.84. The molecule has 1 N–H and O–H groups in total. The van der Waals surface area contributed by atoms with Crippen molar-refractivity contribution in [3.8, 4) is 5.75 Å². The predicted molar refractivity (Wildman–Crippen MR) is 90.7 cm³/mol. The summed E-state index contributed by atoms with van der Waals surface area (Å²) in [6.07, 6.45) is 12.8. The summed E-state index contributed by atoms with van der Waals surface area (Å²) in [4.78, 5) is 11.0. The van der Waals surface area contributed by atoms with E-state index in [1.165, 1.54) is 51.4 Å². The number of ether oxygens (including phenoxy) is 1. The van der Waals surface area contributed by atoms with Crippen LogP contribution in [0.15, 0.2) is 24.3 Å². The second-order valence-corrected chi connectivity index (χ2v) is 5.83. The molecule has 1 aromatic rings. The fourth-order valence-electron chi connectivity index (χ4n) is 2.54. The summed E-state index contributed by atoms with van der Waals surface area (Å²) < 4.78 is 5.59. The Morgan fingerprint density at radius 3 is 2.00 bits per heavy atom. The van der Waals surface area contributed by atoms with Gasteiger partial charge in [0.1, 0.15) is 11.3 Å². The van der Waals surface area contributed by atoms with Crippen molar-refractivity contribution in [2.45, 2.75) is 71.1 Å². The van der Waals surface area contributed by atoms with Gasteiger partial charge in [0.15, 0.2) is 0 Å². The Morgan fingerprint density at radius 1 is 0.913 bits per heavy atom. The van der Waals surface area contributed by atoms with E-state index in [1.807, 2.05) is 0 Å². The third-order valence-corrected chi connectivity index (χ3v) is 3.87. The summed E-state index contributed by atoms with van der Waals surface area (Å²) >= 11 is 0. The van der Waals surface area contributed by atoms with Crippen LogP contribution < -0.4 is 4.74 Å². The molecule has 0 bridgehead atoms. The Kier molecular flexibility index (Phi) is 13.9. The van der Waals surface area contributed by atoms with Crippen molar-refractivity contribution in [3.05, 3.63) is 29.8 Å². The summed E-state index contributed by atoms with van der Waals surface area (Å²) in [7, 11) is 0. The van der Waals surface area contributed by atoms with Crippen LogP contribution >= 0.6 is 0 Å². The SMILES string of the molecule is CCCCCCCCCCCCOc1ccccc1C(=O)O.[Ni]. The van der Waals surface area contributed by atoms with Crippen LogP contribution in [0.1, 0.15) is 81.5 Å². The van der Waals surface area contributed by atoms with E-state index in [0.29, 0.717) is 12.4 Å². The van der Waals surface area contributed by atoms with E-state index in [4.69, 9.17) is 9.84 Å². The fraction of sp³-hybridized carbons (Fsp3) is 0.632. The smallest absolute Gasteiger partial charge is 0.339 e. The van der Waals surface area contributed by atoms with E-state index >= 15 is 0 Å². The Labute approximate surface area is 150 Å². The maximum Gasteiger partial charge on any atom is 0.339 e. The largest absolute Gasteiger partial charge is 0.493 e. The molecular formula is C19H30NiO3. The second kappa shape index (κ2) is 14.6. The maximum absolute atomic E-state index is 11.0. The third kappa shape index (κ3) is 10.4. The van der Waals surface area contributed by atoms with Crippen LogP contribution in [0.25, 0.3) is 0 Å². The molecule has 4 heteroatoms. The molecule has 0 radical (unpaired) electrons. The van der Waals surface area contributed by atoms with Gasteiger partial charge in [-0.2, -0.15) is 0 Å². The van der Waals surface area contributed by atoms with E-state index in [1.54, 1.807) is 24.3 Å². The topological polar surface area (TPSA) is 46.5 Å². The molecule has 0 amide bonds. The van der Waals surface area contributed by atoms with E-state index in [2.05, 4.69) is 6.92 Å². The molecule has 0 aliphatic carbocycles. The molecular weight excluding hydrogens is 335 g/mol. The molecule has 0 aliphatic rings. The summed E-state index contributed by atoms with van der Waals surface area (Å²) in [5.41, 5.74) is 0.245. The maximum atomic E-state index is 11.0. The number of rotatable bonds is 13. The number of carboxylic acid groups (broad SMARTS) is 1. The molecule has 0 heterocycles. The number of hydrogen-bond acceptors (Lipinski definition) is 2. The number of carboxylic acids is 1. The third-order valence-electron chi connectivity index (χ3n) is 3.87. The van der Waals surface area contributed by atoms with Crippen LogP contribution in [0.4, 0.5) is 0 Å². The molecule has 0 unspecified atom stereocenters. The first-order valence-corrected chi connectivity index (χ1v) is 8.70. The first-order chi connectivity index (χ1) is 10.8. The van der Waals surface area contributed by atoms with Crippen LogP contribution in [-0.2, 0) is 16.5 Å². The normalized spacial score (nSPS) is 10.1. The minimum atomic E-state index is -0.932. The molecule has 0 fully saturated rings. The predicted octanol–water partition coefficient (Wildman–Crippen LogP) is 5.68. The Morgan fingerprint density at radius 2 is 1.43 bits per heavy atom. The quantitative estimate of drug-likeness (QED) is 0.361. The number of aromatic carboxylic acids is 1. The first kappa shape index (κ1) is 22.0. The first-order valence-electron chi connectivity index (χ1n) is 8.70. The second-order valence-electron chi connectivity index (χ2n) is 5.83. The summed E-state index contributed by atoms with van der Waals surface area (Å²) in [5.74, 6) is -0.454. The summed E-state index contributed by atoms with van der Waals surface area (Å²) in [6, 6.07) is 6.83. The van der Waals surface area contributed by atoms with E-state index in [9.17, 15) is 4.79 Å². The Hall–Kier alpha value is -1.02. The van der Waals surface area contributed by atoms with Crippen molar-refractivity contribution < 1.29 is 31.1 Å². The molecule has 3 nitrogen and oxygen atoms in total. The van der Waals surface area contributed by atoms with Gasteiger partial charge in [0.25, 0.3) is 0 Å². The Balaban J connectivity index is 0.00000484. The molecule has 0 spiro atoms. The van der Waals surface area contributed by atoms with Crippen molar-refractivity contribution in [3.63, 3.8) is 0 Å². The monoisotopic (exact) mass is 364 g/mol. The number of carbonyl (C=O) groups is 1. The molecule has 0 atom stereocenters. The average Bonchev–Trinajstić information content (AvgIpc) is 2.53. The van der Waals surface area contributed by atoms with Gasteiger partial charge in [0.05, 0.1) is 6.61 Å². The van der Waals surface area contributed by atoms with Crippen LogP contribution in [0.5, 0.6) is 5.75 Å². The van der Waals surface area contributed by atoms with Gasteiger partial charge in [-0.05, 0) is 18.6 Å². The minimum absolute atomic E-state index is 0. The van der Waals surface area contributed by atoms with E-state index in [-0.39, 0.29) is 22.1 Å². The van der Waals surface area contributed by atoms with Crippen LogP contribution in [-0.4, -0.2) is 17.7 Å². The molecule has 0 aromatic heterocycles. The van der Waals surface area contributed by atoms with E-state index in [0.717, 1.165) is 12.8 Å².